The zero-order valence-corrected chi connectivity index (χ0v) is 13.7. The molecule has 0 aromatic rings. The van der Waals surface area contributed by atoms with Crippen LogP contribution >= 0.6 is 0 Å². The zero-order valence-electron chi connectivity index (χ0n) is 9.71. The third-order valence-corrected chi connectivity index (χ3v) is 2.70. The summed E-state index contributed by atoms with van der Waals surface area (Å²) >= 11 is 0. The van der Waals surface area contributed by atoms with Gasteiger partial charge < -0.3 is 17.8 Å². The fraction of sp³-hybridized carbons (Fsp3) is 0.714. The number of nitrogens with zero attached hydrogens (tertiary/aromatic N) is 1. The van der Waals surface area contributed by atoms with E-state index >= 15 is 0 Å². The number of halogens is 3. The van der Waals surface area contributed by atoms with Crippen molar-refractivity contribution in [2.24, 2.45) is 0 Å². The zero-order chi connectivity index (χ0) is 12.3. The number of likely N-dealkylation sites (N-methyl/N-ethyl adjacent to an activating group) is 1. The monoisotopic (exact) mass is 283 g/mol. The Balaban J connectivity index is 0. The van der Waals surface area contributed by atoms with E-state index < -0.39 is 22.3 Å². The van der Waals surface area contributed by atoms with E-state index in [1.54, 1.807) is 0 Å². The average Bonchev–Trinajstić information content (AvgIpc) is 1.97. The first kappa shape index (κ1) is 19.5. The molecule has 0 radical (unpaired) electrons. The van der Waals surface area contributed by atoms with Crippen molar-refractivity contribution in [1.82, 2.24) is 4.90 Å². The molecule has 3 nitrogen and oxygen atoms in total. The van der Waals surface area contributed by atoms with Gasteiger partial charge in [0.1, 0.15) is 9.84 Å². The minimum Gasteiger partial charge on any atom is -0.445 e. The Morgan fingerprint density at radius 1 is 1.38 bits per heavy atom. The van der Waals surface area contributed by atoms with Gasteiger partial charge in [0.2, 0.25) is 0 Å². The average molecular weight is 283 g/mol. The van der Waals surface area contributed by atoms with Crippen LogP contribution in [0.5, 0.6) is 0 Å². The third kappa shape index (κ3) is 10.3. The summed E-state index contributed by atoms with van der Waals surface area (Å²) in [5, 5.41) is 0. The number of sulfone groups is 1. The van der Waals surface area contributed by atoms with Crippen LogP contribution in [0, 0.1) is 0 Å². The van der Waals surface area contributed by atoms with Crippen LogP contribution in [0.1, 0.15) is 0 Å². The molecule has 0 saturated heterocycles. The number of hydrogen-bond donors (Lipinski definition) is 0. The summed E-state index contributed by atoms with van der Waals surface area (Å²) in [7, 11) is -1.71. The van der Waals surface area contributed by atoms with Crippen molar-refractivity contribution in [2.75, 3.05) is 32.1 Å². The topological polar surface area (TPSA) is 37.4 Å². The quantitative estimate of drug-likeness (QED) is 0.525. The van der Waals surface area contributed by atoms with Gasteiger partial charge >= 0.3 is 58.4 Å². The second-order valence-electron chi connectivity index (χ2n) is 3.60. The molecule has 9 heteroatoms. The first-order chi connectivity index (χ1) is 6.52. The molecule has 0 aromatic heterocycles. The molecule has 90 valence electrons. The molecule has 0 unspecified atom stereocenters. The Labute approximate surface area is 137 Å². The van der Waals surface area contributed by atoms with Gasteiger partial charge in [-0.05, 0) is 13.6 Å². The van der Waals surface area contributed by atoms with Crippen LogP contribution in [0.3, 0.4) is 0 Å². The van der Waals surface area contributed by atoms with Crippen LogP contribution in [-0.2, 0) is 9.84 Å². The van der Waals surface area contributed by atoms with Gasteiger partial charge in [-0.25, -0.2) is 8.42 Å². The standard InChI is InChI=1S/C7H14BF3NO2S.K/c1-7(8(9,10)11)6-12(2)4-5-15(3,13)14;/h1,4-6H2,2-3H3;/q-1;+1. The van der Waals surface area contributed by atoms with E-state index in [1.807, 2.05) is 0 Å². The van der Waals surface area contributed by atoms with E-state index in [2.05, 4.69) is 6.58 Å². The molecule has 0 atom stereocenters. The Morgan fingerprint density at radius 2 is 1.81 bits per heavy atom. The van der Waals surface area contributed by atoms with Crippen LogP contribution < -0.4 is 51.4 Å². The predicted octanol–water partition coefficient (Wildman–Crippen LogP) is -2.09. The van der Waals surface area contributed by atoms with Gasteiger partial charge in [-0.2, -0.15) is 0 Å². The molecular formula is C7H14BF3KNO2S. The molecule has 0 aromatic carbocycles. The summed E-state index contributed by atoms with van der Waals surface area (Å²) in [4.78, 5) is 1.29. The molecule has 0 aliphatic rings. The molecule has 0 amide bonds. The van der Waals surface area contributed by atoms with Crippen molar-refractivity contribution >= 4 is 16.8 Å². The molecule has 0 bridgehead atoms. The van der Waals surface area contributed by atoms with Gasteiger partial charge in [0.05, 0.1) is 5.75 Å². The summed E-state index contributed by atoms with van der Waals surface area (Å²) < 4.78 is 57.8. The normalized spacial score (nSPS) is 12.4. The van der Waals surface area contributed by atoms with Crippen LogP contribution in [0.2, 0.25) is 0 Å². The van der Waals surface area contributed by atoms with Gasteiger partial charge in [-0.3, -0.25) is 0 Å². The van der Waals surface area contributed by atoms with Crippen molar-refractivity contribution in [1.29, 1.82) is 0 Å². The molecular weight excluding hydrogens is 269 g/mol. The second-order valence-corrected chi connectivity index (χ2v) is 5.86. The maximum atomic E-state index is 12.1. The van der Waals surface area contributed by atoms with Crippen molar-refractivity contribution in [3.8, 4) is 0 Å². The largest absolute Gasteiger partial charge is 1.00 e. The molecule has 0 aliphatic heterocycles. The summed E-state index contributed by atoms with van der Waals surface area (Å²) in [6.45, 7) is -2.38. The summed E-state index contributed by atoms with van der Waals surface area (Å²) in [5.41, 5.74) is -0.814. The number of hydrogen-bond acceptors (Lipinski definition) is 3. The number of rotatable bonds is 6. The van der Waals surface area contributed by atoms with E-state index in [1.165, 1.54) is 11.9 Å². The fourth-order valence-electron chi connectivity index (χ4n) is 0.851. The molecule has 16 heavy (non-hydrogen) atoms. The minimum absolute atomic E-state index is 0. The van der Waals surface area contributed by atoms with Crippen LogP contribution in [0.4, 0.5) is 12.9 Å². The summed E-state index contributed by atoms with van der Waals surface area (Å²) in [6.07, 6.45) is 1.04. The van der Waals surface area contributed by atoms with Crippen LogP contribution in [0.15, 0.2) is 12.1 Å². The molecule has 0 fully saturated rings. The summed E-state index contributed by atoms with van der Waals surface area (Å²) in [6, 6.07) is 0. The minimum atomic E-state index is -5.03. The van der Waals surface area contributed by atoms with E-state index in [4.69, 9.17) is 0 Å². The van der Waals surface area contributed by atoms with Crippen LogP contribution in [0.25, 0.3) is 0 Å². The molecule has 0 heterocycles. The van der Waals surface area contributed by atoms with Crippen molar-refractivity contribution < 1.29 is 72.7 Å². The van der Waals surface area contributed by atoms with Crippen molar-refractivity contribution in [3.63, 3.8) is 0 Å². The van der Waals surface area contributed by atoms with Gasteiger partial charge in [-0.1, -0.05) is 0 Å². The predicted molar refractivity (Wildman–Crippen MR) is 55.4 cm³/mol. The summed E-state index contributed by atoms with van der Waals surface area (Å²) in [5.74, 6) is -0.151. The Morgan fingerprint density at radius 3 is 2.12 bits per heavy atom. The maximum Gasteiger partial charge on any atom is 1.00 e. The fourth-order valence-corrected chi connectivity index (χ4v) is 1.49. The van der Waals surface area contributed by atoms with Gasteiger partial charge in [0.25, 0.3) is 0 Å². The van der Waals surface area contributed by atoms with Gasteiger partial charge in [0, 0.05) is 12.8 Å². The molecule has 0 spiro atoms. The Hall–Kier alpha value is 1.14. The van der Waals surface area contributed by atoms with Gasteiger partial charge in [-0.15, -0.1) is 12.1 Å². The first-order valence-corrected chi connectivity index (χ1v) is 6.32. The van der Waals surface area contributed by atoms with E-state index in [0.29, 0.717) is 0 Å². The Bertz CT molecular complexity index is 331. The smallest absolute Gasteiger partial charge is 0.445 e. The van der Waals surface area contributed by atoms with Crippen molar-refractivity contribution in [3.05, 3.63) is 12.1 Å². The SMILES string of the molecule is C=C(CN(C)CCS(C)(=O)=O)[B-](F)(F)F.[K+]. The second kappa shape index (κ2) is 7.55. The Kier molecular flexibility index (Phi) is 9.19. The maximum absolute atomic E-state index is 12.1. The van der Waals surface area contributed by atoms with E-state index in [-0.39, 0.29) is 70.2 Å². The van der Waals surface area contributed by atoms with E-state index in [0.717, 1.165) is 6.26 Å². The molecule has 0 N–H and O–H groups in total. The van der Waals surface area contributed by atoms with E-state index in [9.17, 15) is 21.4 Å². The van der Waals surface area contributed by atoms with Crippen LogP contribution in [-0.4, -0.2) is 52.4 Å². The molecule has 0 aliphatic carbocycles. The van der Waals surface area contributed by atoms with Crippen molar-refractivity contribution in [2.45, 2.75) is 0 Å². The molecule has 0 saturated carbocycles. The first-order valence-electron chi connectivity index (χ1n) is 4.26. The third-order valence-electron chi connectivity index (χ3n) is 1.78. The molecule has 0 rings (SSSR count). The van der Waals surface area contributed by atoms with Gasteiger partial charge in [0.15, 0.2) is 0 Å².